The van der Waals surface area contributed by atoms with E-state index in [9.17, 15) is 0 Å². The van der Waals surface area contributed by atoms with Crippen molar-refractivity contribution in [3.63, 3.8) is 0 Å². The number of ether oxygens (including phenoxy) is 2. The number of unbranched alkanes of at least 4 members (excludes halogenated alkanes) is 17. The zero-order valence-corrected chi connectivity index (χ0v) is 30.7. The molecule has 0 radical (unpaired) electrons. The molecule has 0 amide bonds. The van der Waals surface area contributed by atoms with E-state index in [4.69, 9.17) is 9.47 Å². The molecule has 0 N–H and O–H groups in total. The maximum Gasteiger partial charge on any atom is 0.0934 e. The van der Waals surface area contributed by atoms with Gasteiger partial charge in [0.1, 0.15) is 0 Å². The second-order valence-electron chi connectivity index (χ2n) is 13.6. The summed E-state index contributed by atoms with van der Waals surface area (Å²) >= 11 is 0. The van der Waals surface area contributed by atoms with Crippen LogP contribution in [0.4, 0.5) is 0 Å². The Hall–Kier alpha value is -0.900. The molecule has 0 spiro atoms. The van der Waals surface area contributed by atoms with E-state index >= 15 is 0 Å². The van der Waals surface area contributed by atoms with Crippen molar-refractivity contribution in [3.05, 3.63) is 36.5 Å². The number of hydrogen-bond acceptors (Lipinski definition) is 3. The van der Waals surface area contributed by atoms with E-state index in [0.717, 1.165) is 38.7 Å². The molecule has 2 unspecified atom stereocenters. The van der Waals surface area contributed by atoms with Crippen LogP contribution in [-0.2, 0) is 9.47 Å². The van der Waals surface area contributed by atoms with E-state index in [0.29, 0.717) is 0 Å². The van der Waals surface area contributed by atoms with E-state index in [-0.39, 0.29) is 6.10 Å². The molecule has 0 aliphatic heterocycles. The summed E-state index contributed by atoms with van der Waals surface area (Å²) in [6.45, 7) is 10.4. The van der Waals surface area contributed by atoms with Crippen LogP contribution in [0.5, 0.6) is 0 Å². The molecule has 44 heavy (non-hydrogen) atoms. The zero-order chi connectivity index (χ0) is 32.2. The molecule has 0 aliphatic carbocycles. The topological polar surface area (TPSA) is 21.7 Å². The van der Waals surface area contributed by atoms with Crippen LogP contribution in [0.2, 0.25) is 0 Å². The van der Waals surface area contributed by atoms with Crippen LogP contribution in [0.1, 0.15) is 175 Å². The maximum absolute atomic E-state index is 6.23. The molecule has 0 aromatic rings. The summed E-state index contributed by atoms with van der Waals surface area (Å²) in [6.07, 6.45) is 45.7. The fourth-order valence-corrected chi connectivity index (χ4v) is 5.60. The molecule has 0 heterocycles. The summed E-state index contributed by atoms with van der Waals surface area (Å²) in [5, 5.41) is 0. The van der Waals surface area contributed by atoms with Gasteiger partial charge in [0, 0.05) is 19.8 Å². The molecule has 0 fully saturated rings. The maximum atomic E-state index is 6.23. The first-order valence-corrected chi connectivity index (χ1v) is 19.4. The fourth-order valence-electron chi connectivity index (χ4n) is 5.60. The molecular weight excluding hydrogens is 538 g/mol. The lowest BCUT2D eigenvalue weighted by atomic mass is 9.98. The van der Waals surface area contributed by atoms with Crippen LogP contribution < -0.4 is 0 Å². The van der Waals surface area contributed by atoms with Gasteiger partial charge in [-0.15, -0.1) is 0 Å². The third-order valence-electron chi connectivity index (χ3n) is 8.49. The van der Waals surface area contributed by atoms with E-state index in [1.165, 1.54) is 148 Å². The van der Waals surface area contributed by atoms with Crippen molar-refractivity contribution >= 4 is 0 Å². The number of hydrogen-bond donors (Lipinski definition) is 0. The molecule has 3 nitrogen and oxygen atoms in total. The molecule has 0 rings (SSSR count). The van der Waals surface area contributed by atoms with E-state index in [1.54, 1.807) is 0 Å². The first-order valence-electron chi connectivity index (χ1n) is 19.4. The Morgan fingerprint density at radius 2 is 1.05 bits per heavy atom. The number of allylic oxidation sites excluding steroid dienone is 6. The van der Waals surface area contributed by atoms with Crippen LogP contribution in [-0.4, -0.2) is 51.5 Å². The minimum Gasteiger partial charge on any atom is -0.379 e. The third-order valence-corrected chi connectivity index (χ3v) is 8.49. The Labute approximate surface area is 277 Å². The van der Waals surface area contributed by atoms with E-state index < -0.39 is 0 Å². The van der Waals surface area contributed by atoms with Gasteiger partial charge in [-0.1, -0.05) is 147 Å². The summed E-state index contributed by atoms with van der Waals surface area (Å²) in [5.74, 6) is 0.835. The molecule has 260 valence electrons. The van der Waals surface area contributed by atoms with Crippen molar-refractivity contribution in [1.82, 2.24) is 4.90 Å². The fraction of sp³-hybridized carbons (Fsp3) is 0.854. The van der Waals surface area contributed by atoms with Gasteiger partial charge in [-0.25, -0.2) is 0 Å². The van der Waals surface area contributed by atoms with Gasteiger partial charge >= 0.3 is 0 Å². The molecule has 2 atom stereocenters. The standard InChI is InChI=1S/C41H79NO2/c1-6-8-10-12-14-15-16-17-18-19-20-21-22-24-28-32-36-43-39-41(38-42(4)5)44-37-33-29-25-23-27-31-35-40(3)34-30-26-13-11-9-7-2/h14-15,17-18,26,30,40-41H,6-13,16,19-25,27-29,31-39H2,1-5H3/b15-14-,18-17-,30-26-. The van der Waals surface area contributed by atoms with Crippen molar-refractivity contribution in [1.29, 1.82) is 0 Å². The average Bonchev–Trinajstić information content (AvgIpc) is 3.00. The number of rotatable bonds is 35. The van der Waals surface area contributed by atoms with Gasteiger partial charge in [0.2, 0.25) is 0 Å². The summed E-state index contributed by atoms with van der Waals surface area (Å²) in [4.78, 5) is 2.22. The quantitative estimate of drug-likeness (QED) is 0.0521. The Morgan fingerprint density at radius 1 is 0.545 bits per heavy atom. The lowest BCUT2D eigenvalue weighted by Gasteiger charge is -2.21. The predicted molar refractivity (Wildman–Crippen MR) is 198 cm³/mol. The van der Waals surface area contributed by atoms with Crippen molar-refractivity contribution in [2.75, 3.05) is 40.5 Å². The Balaban J connectivity index is 3.61. The molecule has 0 aromatic heterocycles. The number of likely N-dealkylation sites (N-methyl/N-ethyl adjacent to an activating group) is 1. The summed E-state index contributed by atoms with van der Waals surface area (Å²) in [6, 6.07) is 0. The molecule has 0 aliphatic rings. The summed E-state index contributed by atoms with van der Waals surface area (Å²) in [7, 11) is 4.26. The molecule has 0 aromatic carbocycles. The van der Waals surface area contributed by atoms with Gasteiger partial charge in [0.15, 0.2) is 0 Å². The van der Waals surface area contributed by atoms with Gasteiger partial charge in [0.05, 0.1) is 12.7 Å². The van der Waals surface area contributed by atoms with E-state index in [1.807, 2.05) is 0 Å². The highest BCUT2D eigenvalue weighted by molar-refractivity contribution is 4.92. The molecule has 0 bridgehead atoms. The Bertz CT molecular complexity index is 626. The Kier molecular flexibility index (Phi) is 35.8. The second kappa shape index (κ2) is 36.6. The van der Waals surface area contributed by atoms with Gasteiger partial charge < -0.3 is 14.4 Å². The van der Waals surface area contributed by atoms with Crippen LogP contribution in [0.3, 0.4) is 0 Å². The zero-order valence-electron chi connectivity index (χ0n) is 30.7. The van der Waals surface area contributed by atoms with Gasteiger partial charge in [-0.3, -0.25) is 0 Å². The van der Waals surface area contributed by atoms with Crippen LogP contribution in [0, 0.1) is 5.92 Å². The highest BCUT2D eigenvalue weighted by atomic mass is 16.5. The minimum atomic E-state index is 0.191. The van der Waals surface area contributed by atoms with Crippen LogP contribution >= 0.6 is 0 Å². The first-order chi connectivity index (χ1) is 21.6. The minimum absolute atomic E-state index is 0.191. The van der Waals surface area contributed by atoms with Gasteiger partial charge in [-0.05, 0) is 84.2 Å². The largest absolute Gasteiger partial charge is 0.379 e. The van der Waals surface area contributed by atoms with Crippen LogP contribution in [0.25, 0.3) is 0 Å². The molecule has 3 heteroatoms. The second-order valence-corrected chi connectivity index (χ2v) is 13.6. The lowest BCUT2D eigenvalue weighted by Crippen LogP contribution is -2.32. The van der Waals surface area contributed by atoms with E-state index in [2.05, 4.69) is 76.2 Å². The van der Waals surface area contributed by atoms with Crippen molar-refractivity contribution in [2.24, 2.45) is 5.92 Å². The monoisotopic (exact) mass is 618 g/mol. The first kappa shape index (κ1) is 43.1. The van der Waals surface area contributed by atoms with Crippen molar-refractivity contribution in [3.8, 4) is 0 Å². The normalized spacial score (nSPS) is 13.8. The highest BCUT2D eigenvalue weighted by Gasteiger charge is 2.11. The SMILES string of the molecule is CCCCC/C=C\C/C=C\CCCCCCCCOCC(CN(C)C)OCCCCCCCCC(C)C/C=C\CCCCC. The molecule has 0 saturated heterocycles. The lowest BCUT2D eigenvalue weighted by molar-refractivity contribution is -0.0287. The van der Waals surface area contributed by atoms with Crippen molar-refractivity contribution < 1.29 is 9.47 Å². The Morgan fingerprint density at radius 3 is 1.64 bits per heavy atom. The third kappa shape index (κ3) is 35.6. The van der Waals surface area contributed by atoms with Gasteiger partial charge in [0.25, 0.3) is 0 Å². The summed E-state index contributed by atoms with van der Waals surface area (Å²) < 4.78 is 12.3. The van der Waals surface area contributed by atoms with Crippen LogP contribution in [0.15, 0.2) is 36.5 Å². The summed E-state index contributed by atoms with van der Waals surface area (Å²) in [5.41, 5.74) is 0. The number of nitrogens with zero attached hydrogens (tertiary/aromatic N) is 1. The smallest absolute Gasteiger partial charge is 0.0934 e. The highest BCUT2D eigenvalue weighted by Crippen LogP contribution is 2.16. The van der Waals surface area contributed by atoms with Crippen molar-refractivity contribution in [2.45, 2.75) is 181 Å². The molecule has 0 saturated carbocycles. The average molecular weight is 618 g/mol. The molecular formula is C41H79NO2. The van der Waals surface area contributed by atoms with Gasteiger partial charge in [-0.2, -0.15) is 0 Å². The predicted octanol–water partition coefficient (Wildman–Crippen LogP) is 12.7.